The molecular formula is C19H19FN2O3. The fourth-order valence-corrected chi connectivity index (χ4v) is 3.93. The molecule has 4 rings (SSSR count). The maximum atomic E-state index is 13.3. The number of benzene rings is 1. The maximum absolute atomic E-state index is 13.3. The summed E-state index contributed by atoms with van der Waals surface area (Å²) >= 11 is 0. The lowest BCUT2D eigenvalue weighted by Crippen LogP contribution is -2.36. The number of likely N-dealkylation sites (tertiary alicyclic amines) is 1. The summed E-state index contributed by atoms with van der Waals surface area (Å²) in [4.78, 5) is 30.8. The average molecular weight is 342 g/mol. The van der Waals surface area contributed by atoms with Gasteiger partial charge in [0.15, 0.2) is 0 Å². The van der Waals surface area contributed by atoms with Crippen molar-refractivity contribution >= 4 is 11.8 Å². The third-order valence-corrected chi connectivity index (χ3v) is 5.24. The number of carbonyl (C=O) groups is 2. The van der Waals surface area contributed by atoms with Gasteiger partial charge in [0.2, 0.25) is 17.7 Å². The van der Waals surface area contributed by atoms with Gasteiger partial charge in [0.25, 0.3) is 0 Å². The molecule has 1 spiro atoms. The van der Waals surface area contributed by atoms with E-state index in [4.69, 9.17) is 4.42 Å². The number of nitrogens with zero attached hydrogens (tertiary/aromatic N) is 2. The molecule has 0 N–H and O–H groups in total. The highest BCUT2D eigenvalue weighted by molar-refractivity contribution is 6.05. The number of halogens is 1. The Kier molecular flexibility index (Phi) is 3.90. The molecular weight excluding hydrogens is 323 g/mol. The monoisotopic (exact) mass is 342 g/mol. The van der Waals surface area contributed by atoms with E-state index in [1.165, 1.54) is 23.3 Å². The Balaban J connectivity index is 1.53. The fourth-order valence-electron chi connectivity index (χ4n) is 3.93. The molecule has 2 fully saturated rings. The lowest BCUT2D eigenvalue weighted by atomic mass is 9.73. The van der Waals surface area contributed by atoms with Crippen LogP contribution in [0.25, 0.3) is 11.5 Å². The van der Waals surface area contributed by atoms with Gasteiger partial charge < -0.3 is 4.42 Å². The Bertz CT molecular complexity index is 824. The normalized spacial score (nSPS) is 19.8. The van der Waals surface area contributed by atoms with Gasteiger partial charge in [-0.15, -0.1) is 0 Å². The summed E-state index contributed by atoms with van der Waals surface area (Å²) in [6.07, 6.45) is 6.44. The summed E-state index contributed by atoms with van der Waals surface area (Å²) in [7, 11) is 0. The van der Waals surface area contributed by atoms with Crippen LogP contribution in [-0.4, -0.2) is 21.7 Å². The van der Waals surface area contributed by atoms with Gasteiger partial charge in [-0.3, -0.25) is 14.5 Å². The molecule has 2 amide bonds. The zero-order chi connectivity index (χ0) is 17.4. The third kappa shape index (κ3) is 2.86. The number of aromatic nitrogens is 1. The van der Waals surface area contributed by atoms with Crippen LogP contribution >= 0.6 is 0 Å². The second-order valence-corrected chi connectivity index (χ2v) is 6.96. The van der Waals surface area contributed by atoms with Crippen molar-refractivity contribution in [3.63, 3.8) is 0 Å². The lowest BCUT2D eigenvalue weighted by molar-refractivity contribution is -0.143. The highest BCUT2D eigenvalue weighted by Crippen LogP contribution is 2.45. The maximum Gasteiger partial charge on any atom is 0.236 e. The summed E-state index contributed by atoms with van der Waals surface area (Å²) in [6.45, 7) is 0.109. The molecule has 1 aliphatic heterocycles. The number of hydrogen-bond acceptors (Lipinski definition) is 4. The van der Waals surface area contributed by atoms with Crippen molar-refractivity contribution in [3.05, 3.63) is 42.0 Å². The molecule has 2 aliphatic rings. The van der Waals surface area contributed by atoms with Crippen LogP contribution in [0.1, 0.15) is 44.2 Å². The Hall–Kier alpha value is -2.50. The standard InChI is InChI=1S/C19H19FN2O3/c20-14-6-4-5-13(9-14)17-21-15(12-25-17)11-22-16(23)10-19(18(22)24)7-2-1-3-8-19/h4-6,9,12H,1-3,7-8,10-11H2. The van der Waals surface area contributed by atoms with E-state index in [2.05, 4.69) is 4.98 Å². The van der Waals surface area contributed by atoms with Crippen LogP contribution in [-0.2, 0) is 16.1 Å². The van der Waals surface area contributed by atoms with Crippen molar-refractivity contribution in [2.45, 2.75) is 45.1 Å². The van der Waals surface area contributed by atoms with Gasteiger partial charge in [-0.05, 0) is 31.0 Å². The Morgan fingerprint density at radius 1 is 1.20 bits per heavy atom. The van der Waals surface area contributed by atoms with E-state index in [0.29, 0.717) is 17.7 Å². The van der Waals surface area contributed by atoms with Crippen LogP contribution in [0.2, 0.25) is 0 Å². The molecule has 1 saturated carbocycles. The number of oxazole rings is 1. The molecule has 5 nitrogen and oxygen atoms in total. The minimum atomic E-state index is -0.496. The highest BCUT2D eigenvalue weighted by atomic mass is 19.1. The van der Waals surface area contributed by atoms with Crippen LogP contribution in [0.4, 0.5) is 4.39 Å². The van der Waals surface area contributed by atoms with Crippen LogP contribution in [0.15, 0.2) is 34.9 Å². The molecule has 6 heteroatoms. The van der Waals surface area contributed by atoms with Gasteiger partial charge in [0.1, 0.15) is 12.1 Å². The molecule has 0 atom stereocenters. The molecule has 25 heavy (non-hydrogen) atoms. The first-order chi connectivity index (χ1) is 12.1. The minimum Gasteiger partial charge on any atom is -0.444 e. The van der Waals surface area contributed by atoms with Gasteiger partial charge in [-0.1, -0.05) is 25.3 Å². The van der Waals surface area contributed by atoms with Crippen LogP contribution in [0.5, 0.6) is 0 Å². The van der Waals surface area contributed by atoms with E-state index in [1.807, 2.05) is 0 Å². The predicted octanol–water partition coefficient (Wildman–Crippen LogP) is 3.69. The molecule has 1 aromatic heterocycles. The molecule has 130 valence electrons. The third-order valence-electron chi connectivity index (χ3n) is 5.24. The van der Waals surface area contributed by atoms with E-state index in [1.54, 1.807) is 12.1 Å². The second-order valence-electron chi connectivity index (χ2n) is 6.96. The Morgan fingerprint density at radius 3 is 2.76 bits per heavy atom. The number of rotatable bonds is 3. The minimum absolute atomic E-state index is 0.0764. The predicted molar refractivity (Wildman–Crippen MR) is 87.6 cm³/mol. The fraction of sp³-hybridized carbons (Fsp3) is 0.421. The van der Waals surface area contributed by atoms with Gasteiger partial charge in [-0.25, -0.2) is 9.37 Å². The van der Waals surface area contributed by atoms with E-state index < -0.39 is 5.41 Å². The van der Waals surface area contributed by atoms with Crippen molar-refractivity contribution < 1.29 is 18.4 Å². The topological polar surface area (TPSA) is 63.4 Å². The van der Waals surface area contributed by atoms with E-state index >= 15 is 0 Å². The van der Waals surface area contributed by atoms with E-state index in [9.17, 15) is 14.0 Å². The molecule has 1 saturated heterocycles. The van der Waals surface area contributed by atoms with E-state index in [-0.39, 0.29) is 30.1 Å². The van der Waals surface area contributed by atoms with Crippen molar-refractivity contribution in [2.75, 3.05) is 0 Å². The summed E-state index contributed by atoms with van der Waals surface area (Å²) in [5.74, 6) is -0.308. The zero-order valence-electron chi connectivity index (χ0n) is 13.8. The van der Waals surface area contributed by atoms with Gasteiger partial charge >= 0.3 is 0 Å². The second kappa shape index (κ2) is 6.10. The molecule has 2 heterocycles. The zero-order valence-corrected chi connectivity index (χ0v) is 13.8. The van der Waals surface area contributed by atoms with Gasteiger partial charge in [0, 0.05) is 12.0 Å². The van der Waals surface area contributed by atoms with Crippen molar-refractivity contribution in [2.24, 2.45) is 5.41 Å². The van der Waals surface area contributed by atoms with Crippen LogP contribution < -0.4 is 0 Å². The molecule has 0 radical (unpaired) electrons. The lowest BCUT2D eigenvalue weighted by Gasteiger charge is -2.30. The number of amides is 2. The van der Waals surface area contributed by atoms with Crippen molar-refractivity contribution in [3.8, 4) is 11.5 Å². The SMILES string of the molecule is O=C1CC2(CCCCC2)C(=O)N1Cc1coc(-c2cccc(F)c2)n1. The first kappa shape index (κ1) is 16.0. The summed E-state index contributed by atoms with van der Waals surface area (Å²) in [6, 6.07) is 5.95. The quantitative estimate of drug-likeness (QED) is 0.798. The largest absolute Gasteiger partial charge is 0.444 e. The summed E-state index contributed by atoms with van der Waals surface area (Å²) in [5.41, 5.74) is 0.521. The molecule has 1 aliphatic carbocycles. The number of carbonyl (C=O) groups excluding carboxylic acids is 2. The Morgan fingerprint density at radius 2 is 2.00 bits per heavy atom. The average Bonchev–Trinajstić information content (AvgIpc) is 3.16. The highest BCUT2D eigenvalue weighted by Gasteiger charge is 2.51. The first-order valence-corrected chi connectivity index (χ1v) is 8.63. The van der Waals surface area contributed by atoms with E-state index in [0.717, 1.165) is 32.1 Å². The van der Waals surface area contributed by atoms with Crippen LogP contribution in [0.3, 0.4) is 0 Å². The van der Waals surface area contributed by atoms with Gasteiger partial charge in [-0.2, -0.15) is 0 Å². The smallest absolute Gasteiger partial charge is 0.236 e. The summed E-state index contributed by atoms with van der Waals surface area (Å²) in [5, 5.41) is 0. The van der Waals surface area contributed by atoms with Crippen LogP contribution in [0, 0.1) is 11.2 Å². The Labute approximate surface area is 144 Å². The molecule has 0 bridgehead atoms. The molecule has 0 unspecified atom stereocenters. The van der Waals surface area contributed by atoms with Crippen molar-refractivity contribution in [1.29, 1.82) is 0 Å². The summed E-state index contributed by atoms with van der Waals surface area (Å²) < 4.78 is 18.7. The number of imide groups is 1. The number of hydrogen-bond donors (Lipinski definition) is 0. The van der Waals surface area contributed by atoms with Gasteiger partial charge in [0.05, 0.1) is 17.7 Å². The first-order valence-electron chi connectivity index (χ1n) is 8.63. The molecule has 2 aromatic rings. The molecule has 1 aromatic carbocycles. The van der Waals surface area contributed by atoms with Crippen molar-refractivity contribution in [1.82, 2.24) is 9.88 Å².